The largest absolute Gasteiger partial charge is 0.383 e. The van der Waals surface area contributed by atoms with Crippen molar-refractivity contribution in [3.63, 3.8) is 0 Å². The van der Waals surface area contributed by atoms with Crippen molar-refractivity contribution in [3.05, 3.63) is 12.4 Å². The summed E-state index contributed by atoms with van der Waals surface area (Å²) in [6.45, 7) is 4.70. The third kappa shape index (κ3) is 3.54. The molecule has 6 nitrogen and oxygen atoms in total. The van der Waals surface area contributed by atoms with Gasteiger partial charge in [-0.2, -0.15) is 0 Å². The quantitative estimate of drug-likeness (QED) is 0.748. The Labute approximate surface area is 101 Å². The lowest BCUT2D eigenvalue weighted by Gasteiger charge is -2.27. The van der Waals surface area contributed by atoms with Gasteiger partial charge >= 0.3 is 0 Å². The van der Waals surface area contributed by atoms with Crippen molar-refractivity contribution in [1.29, 1.82) is 0 Å². The summed E-state index contributed by atoms with van der Waals surface area (Å²) in [5.41, 5.74) is 0. The monoisotopic (exact) mass is 238 g/mol. The molecule has 0 bridgehead atoms. The zero-order valence-electron chi connectivity index (χ0n) is 10.1. The van der Waals surface area contributed by atoms with E-state index in [1.54, 1.807) is 13.4 Å². The molecule has 0 unspecified atom stereocenters. The van der Waals surface area contributed by atoms with E-state index in [-0.39, 0.29) is 0 Å². The number of anilines is 2. The molecule has 1 fully saturated rings. The van der Waals surface area contributed by atoms with E-state index in [0.29, 0.717) is 6.61 Å². The molecular formula is C11H18N4O2. The highest BCUT2D eigenvalue weighted by molar-refractivity contribution is 5.48. The highest BCUT2D eigenvalue weighted by Crippen LogP contribution is 2.14. The molecule has 0 amide bonds. The van der Waals surface area contributed by atoms with Gasteiger partial charge in [-0.1, -0.05) is 0 Å². The maximum absolute atomic E-state index is 5.31. The number of rotatable bonds is 5. The SMILES string of the molecule is COCCNc1cc(N2CCOCC2)ncn1. The summed E-state index contributed by atoms with van der Waals surface area (Å²) < 4.78 is 10.3. The average molecular weight is 238 g/mol. The van der Waals surface area contributed by atoms with Gasteiger partial charge in [-0.3, -0.25) is 0 Å². The van der Waals surface area contributed by atoms with Crippen molar-refractivity contribution in [2.75, 3.05) is 56.8 Å². The lowest BCUT2D eigenvalue weighted by atomic mass is 10.4. The Balaban J connectivity index is 1.95. The van der Waals surface area contributed by atoms with Crippen LogP contribution in [0.4, 0.5) is 11.6 Å². The van der Waals surface area contributed by atoms with E-state index >= 15 is 0 Å². The van der Waals surface area contributed by atoms with E-state index in [9.17, 15) is 0 Å². The van der Waals surface area contributed by atoms with Crippen LogP contribution >= 0.6 is 0 Å². The predicted octanol–water partition coefficient (Wildman–Crippen LogP) is 0.371. The predicted molar refractivity (Wildman–Crippen MR) is 65.4 cm³/mol. The molecule has 0 atom stereocenters. The van der Waals surface area contributed by atoms with Crippen molar-refractivity contribution in [2.24, 2.45) is 0 Å². The fourth-order valence-corrected chi connectivity index (χ4v) is 1.69. The van der Waals surface area contributed by atoms with Crippen LogP contribution in [0.1, 0.15) is 0 Å². The molecule has 2 heterocycles. The van der Waals surface area contributed by atoms with Gasteiger partial charge in [-0.25, -0.2) is 9.97 Å². The van der Waals surface area contributed by atoms with Crippen LogP contribution in [0, 0.1) is 0 Å². The topological polar surface area (TPSA) is 59.5 Å². The van der Waals surface area contributed by atoms with Crippen molar-refractivity contribution < 1.29 is 9.47 Å². The molecule has 1 aliphatic heterocycles. The second-order valence-electron chi connectivity index (χ2n) is 3.78. The second-order valence-corrected chi connectivity index (χ2v) is 3.78. The van der Waals surface area contributed by atoms with Crippen LogP contribution in [0.3, 0.4) is 0 Å². The number of morpholine rings is 1. The Morgan fingerprint density at radius 1 is 1.41 bits per heavy atom. The zero-order valence-corrected chi connectivity index (χ0v) is 10.1. The minimum atomic E-state index is 0.664. The fraction of sp³-hybridized carbons (Fsp3) is 0.636. The highest BCUT2D eigenvalue weighted by Gasteiger charge is 2.12. The Hall–Kier alpha value is -1.40. The molecule has 2 rings (SSSR count). The van der Waals surface area contributed by atoms with E-state index in [2.05, 4.69) is 20.2 Å². The molecule has 1 aromatic heterocycles. The number of aromatic nitrogens is 2. The number of nitrogens with one attached hydrogen (secondary N) is 1. The highest BCUT2D eigenvalue weighted by atomic mass is 16.5. The summed E-state index contributed by atoms with van der Waals surface area (Å²) >= 11 is 0. The molecule has 0 aromatic carbocycles. The fourth-order valence-electron chi connectivity index (χ4n) is 1.69. The van der Waals surface area contributed by atoms with Gasteiger partial charge in [0.2, 0.25) is 0 Å². The van der Waals surface area contributed by atoms with Crippen LogP contribution < -0.4 is 10.2 Å². The molecule has 0 saturated carbocycles. The average Bonchev–Trinajstić information content (AvgIpc) is 2.41. The number of hydrogen-bond donors (Lipinski definition) is 1. The Bertz CT molecular complexity index is 342. The molecule has 17 heavy (non-hydrogen) atoms. The molecule has 94 valence electrons. The smallest absolute Gasteiger partial charge is 0.134 e. The van der Waals surface area contributed by atoms with E-state index in [0.717, 1.165) is 44.5 Å². The van der Waals surface area contributed by atoms with E-state index < -0.39 is 0 Å². The lowest BCUT2D eigenvalue weighted by molar-refractivity contribution is 0.122. The molecule has 0 aliphatic carbocycles. The minimum absolute atomic E-state index is 0.664. The van der Waals surface area contributed by atoms with Gasteiger partial charge in [-0.05, 0) is 0 Å². The molecule has 1 aromatic rings. The van der Waals surface area contributed by atoms with Gasteiger partial charge < -0.3 is 19.7 Å². The molecular weight excluding hydrogens is 220 g/mol. The van der Waals surface area contributed by atoms with Crippen LogP contribution in [0.15, 0.2) is 12.4 Å². The summed E-state index contributed by atoms with van der Waals surface area (Å²) in [5.74, 6) is 1.78. The van der Waals surface area contributed by atoms with E-state index in [1.807, 2.05) is 6.07 Å². The van der Waals surface area contributed by atoms with Gasteiger partial charge in [0.05, 0.1) is 19.8 Å². The molecule has 0 radical (unpaired) electrons. The number of hydrogen-bond acceptors (Lipinski definition) is 6. The van der Waals surface area contributed by atoms with Crippen LogP contribution in [-0.2, 0) is 9.47 Å². The third-order valence-electron chi connectivity index (χ3n) is 2.60. The maximum Gasteiger partial charge on any atom is 0.134 e. The normalized spacial score (nSPS) is 15.9. The molecule has 1 aliphatic rings. The van der Waals surface area contributed by atoms with E-state index in [4.69, 9.17) is 9.47 Å². The zero-order chi connectivity index (χ0) is 11.9. The first-order valence-corrected chi connectivity index (χ1v) is 5.77. The van der Waals surface area contributed by atoms with Crippen LogP contribution in [0.25, 0.3) is 0 Å². The van der Waals surface area contributed by atoms with Gasteiger partial charge in [0.25, 0.3) is 0 Å². The van der Waals surface area contributed by atoms with E-state index in [1.165, 1.54) is 0 Å². The first kappa shape index (κ1) is 12.1. The summed E-state index contributed by atoms with van der Waals surface area (Å²) in [6, 6.07) is 1.96. The molecule has 1 saturated heterocycles. The van der Waals surface area contributed by atoms with Gasteiger partial charge in [0.1, 0.15) is 18.0 Å². The number of ether oxygens (including phenoxy) is 2. The standard InChI is InChI=1S/C11H18N4O2/c1-16-5-2-12-10-8-11(14-9-13-10)15-3-6-17-7-4-15/h8-9H,2-7H2,1H3,(H,12,13,14). The summed E-state index contributed by atoms with van der Waals surface area (Å²) in [5, 5.41) is 3.19. The van der Waals surface area contributed by atoms with Gasteiger partial charge in [0, 0.05) is 32.8 Å². The Morgan fingerprint density at radius 2 is 2.24 bits per heavy atom. The number of methoxy groups -OCH3 is 1. The summed E-state index contributed by atoms with van der Waals surface area (Å²) in [7, 11) is 1.68. The minimum Gasteiger partial charge on any atom is -0.383 e. The number of nitrogens with zero attached hydrogens (tertiary/aromatic N) is 3. The first-order valence-electron chi connectivity index (χ1n) is 5.77. The summed E-state index contributed by atoms with van der Waals surface area (Å²) in [6.07, 6.45) is 1.58. The van der Waals surface area contributed by atoms with Crippen LogP contribution in [0.2, 0.25) is 0 Å². The Morgan fingerprint density at radius 3 is 3.00 bits per heavy atom. The molecule has 0 spiro atoms. The molecule has 6 heteroatoms. The molecule has 1 N–H and O–H groups in total. The van der Waals surface area contributed by atoms with Crippen molar-refractivity contribution in [2.45, 2.75) is 0 Å². The van der Waals surface area contributed by atoms with Crippen LogP contribution in [-0.4, -0.2) is 56.5 Å². The Kier molecular flexibility index (Phi) is 4.52. The van der Waals surface area contributed by atoms with Crippen molar-refractivity contribution in [3.8, 4) is 0 Å². The van der Waals surface area contributed by atoms with Crippen molar-refractivity contribution >= 4 is 11.6 Å². The second kappa shape index (κ2) is 6.36. The third-order valence-corrected chi connectivity index (χ3v) is 2.60. The van der Waals surface area contributed by atoms with Gasteiger partial charge in [0.15, 0.2) is 0 Å². The first-order chi connectivity index (χ1) is 8.40. The van der Waals surface area contributed by atoms with Crippen LogP contribution in [0.5, 0.6) is 0 Å². The summed E-state index contributed by atoms with van der Waals surface area (Å²) in [4.78, 5) is 10.7. The maximum atomic E-state index is 5.31. The lowest BCUT2D eigenvalue weighted by Crippen LogP contribution is -2.36. The van der Waals surface area contributed by atoms with Gasteiger partial charge in [-0.15, -0.1) is 0 Å². The van der Waals surface area contributed by atoms with Crippen molar-refractivity contribution in [1.82, 2.24) is 9.97 Å².